The van der Waals surface area contributed by atoms with Gasteiger partial charge in [0, 0.05) is 32.8 Å². The van der Waals surface area contributed by atoms with E-state index in [9.17, 15) is 4.39 Å². The summed E-state index contributed by atoms with van der Waals surface area (Å²) in [6.07, 6.45) is 2.29. The Labute approximate surface area is 159 Å². The Bertz CT molecular complexity index is 722. The Hall–Kier alpha value is -1.90. The highest BCUT2D eigenvalue weighted by Crippen LogP contribution is 2.29. The largest absolute Gasteiger partial charge is 0.376 e. The second-order valence-corrected chi connectivity index (χ2v) is 7.28. The van der Waals surface area contributed by atoms with E-state index in [2.05, 4.69) is 32.2 Å². The number of benzene rings is 1. The topological polar surface area (TPSA) is 59.3 Å². The molecule has 0 bridgehead atoms. The molecule has 2 aliphatic heterocycles. The number of rotatable bonds is 6. The molecular weight excluding hydrogens is 347 g/mol. The zero-order valence-corrected chi connectivity index (χ0v) is 15.8. The van der Waals surface area contributed by atoms with Crippen LogP contribution in [-0.4, -0.2) is 75.4 Å². The van der Waals surface area contributed by atoms with Crippen molar-refractivity contribution in [3.8, 4) is 0 Å². The summed E-state index contributed by atoms with van der Waals surface area (Å²) in [4.78, 5) is 4.84. The van der Waals surface area contributed by atoms with Gasteiger partial charge in [0.2, 0.25) is 0 Å². The van der Waals surface area contributed by atoms with Crippen LogP contribution in [0.15, 0.2) is 24.3 Å². The van der Waals surface area contributed by atoms with Gasteiger partial charge < -0.3 is 9.64 Å². The molecule has 8 heteroatoms. The summed E-state index contributed by atoms with van der Waals surface area (Å²) in [5.41, 5.74) is 1.02. The Morgan fingerprint density at radius 1 is 1.19 bits per heavy atom. The molecule has 2 atom stereocenters. The average Bonchev–Trinajstić information content (AvgIpc) is 3.37. The Balaban J connectivity index is 1.62. The quantitative estimate of drug-likeness (QED) is 0.767. The number of piperazine rings is 1. The van der Waals surface area contributed by atoms with Gasteiger partial charge in [0.1, 0.15) is 5.82 Å². The second-order valence-electron chi connectivity index (χ2n) is 7.28. The summed E-state index contributed by atoms with van der Waals surface area (Å²) in [6, 6.07) is 6.63. The predicted molar refractivity (Wildman–Crippen MR) is 98.7 cm³/mol. The molecule has 2 saturated heterocycles. The fraction of sp³-hybridized carbons (Fsp3) is 0.632. The van der Waals surface area contributed by atoms with Gasteiger partial charge in [-0.2, -0.15) is 0 Å². The summed E-state index contributed by atoms with van der Waals surface area (Å²) in [5.74, 6) is 0.578. The molecule has 2 aromatic rings. The monoisotopic (exact) mass is 374 g/mol. The first kappa shape index (κ1) is 18.5. The molecule has 0 radical (unpaired) electrons. The van der Waals surface area contributed by atoms with Gasteiger partial charge in [-0.3, -0.25) is 4.90 Å². The number of likely N-dealkylation sites (N-methyl/N-ethyl adjacent to an activating group) is 1. The third-order valence-electron chi connectivity index (χ3n) is 5.61. The van der Waals surface area contributed by atoms with Crippen LogP contribution in [0.4, 0.5) is 4.39 Å². The highest BCUT2D eigenvalue weighted by Gasteiger charge is 2.31. The van der Waals surface area contributed by atoms with Crippen LogP contribution in [-0.2, 0) is 11.3 Å². The van der Waals surface area contributed by atoms with Crippen molar-refractivity contribution in [3.63, 3.8) is 0 Å². The molecular formula is C19H27FN6O. The molecule has 3 heterocycles. The van der Waals surface area contributed by atoms with Gasteiger partial charge in [0.15, 0.2) is 5.82 Å². The molecule has 2 fully saturated rings. The molecule has 0 spiro atoms. The smallest absolute Gasteiger partial charge is 0.173 e. The van der Waals surface area contributed by atoms with E-state index in [4.69, 9.17) is 4.74 Å². The standard InChI is InChI=1S/C19H27FN6O/c1-2-24-9-11-25(12-10-24)18(15-5-7-16(20)8-6-15)19-21-22-23-26(19)14-17-4-3-13-27-17/h5-8,17-18H,2-4,9-14H2,1H3/t17-,18+/m1/s1. The van der Waals surface area contributed by atoms with E-state index in [1.54, 1.807) is 0 Å². The molecule has 7 nitrogen and oxygen atoms in total. The third kappa shape index (κ3) is 4.17. The molecule has 0 aliphatic carbocycles. The van der Waals surface area contributed by atoms with Crippen LogP contribution >= 0.6 is 0 Å². The van der Waals surface area contributed by atoms with Gasteiger partial charge in [-0.1, -0.05) is 19.1 Å². The molecule has 1 aromatic carbocycles. The Kier molecular flexibility index (Phi) is 5.75. The number of nitrogens with zero attached hydrogens (tertiary/aromatic N) is 6. The molecule has 0 amide bonds. The van der Waals surface area contributed by atoms with E-state index in [1.807, 2.05) is 16.8 Å². The first-order chi connectivity index (χ1) is 13.2. The fourth-order valence-corrected chi connectivity index (χ4v) is 4.02. The highest BCUT2D eigenvalue weighted by atomic mass is 19.1. The maximum absolute atomic E-state index is 13.5. The van der Waals surface area contributed by atoms with Crippen molar-refractivity contribution in [1.29, 1.82) is 0 Å². The summed E-state index contributed by atoms with van der Waals surface area (Å²) in [6.45, 7) is 8.62. The summed E-state index contributed by atoms with van der Waals surface area (Å²) < 4.78 is 21.1. The molecule has 146 valence electrons. The predicted octanol–water partition coefficient (Wildman–Crippen LogP) is 1.72. The van der Waals surface area contributed by atoms with Crippen molar-refractivity contribution in [2.45, 2.75) is 38.5 Å². The van der Waals surface area contributed by atoms with Crippen molar-refractivity contribution in [1.82, 2.24) is 30.0 Å². The molecule has 0 saturated carbocycles. The number of hydrogen-bond donors (Lipinski definition) is 0. The van der Waals surface area contributed by atoms with Gasteiger partial charge in [-0.25, -0.2) is 9.07 Å². The summed E-state index contributed by atoms with van der Waals surface area (Å²) in [7, 11) is 0. The van der Waals surface area contributed by atoms with Crippen LogP contribution in [0.5, 0.6) is 0 Å². The summed E-state index contributed by atoms with van der Waals surface area (Å²) in [5, 5.41) is 12.6. The van der Waals surface area contributed by atoms with E-state index in [-0.39, 0.29) is 18.0 Å². The van der Waals surface area contributed by atoms with Crippen LogP contribution in [0.2, 0.25) is 0 Å². The molecule has 0 N–H and O–H groups in total. The number of aromatic nitrogens is 4. The first-order valence-electron chi connectivity index (χ1n) is 9.84. The average molecular weight is 374 g/mol. The highest BCUT2D eigenvalue weighted by molar-refractivity contribution is 5.25. The first-order valence-corrected chi connectivity index (χ1v) is 9.84. The molecule has 1 aromatic heterocycles. The van der Waals surface area contributed by atoms with Gasteiger partial charge in [0.25, 0.3) is 0 Å². The minimum absolute atomic E-state index is 0.0824. The zero-order valence-electron chi connectivity index (χ0n) is 15.8. The number of tetrazole rings is 1. The lowest BCUT2D eigenvalue weighted by atomic mass is 10.0. The Morgan fingerprint density at radius 2 is 1.96 bits per heavy atom. The lowest BCUT2D eigenvalue weighted by Crippen LogP contribution is -2.48. The second kappa shape index (κ2) is 8.41. The molecule has 2 aliphatic rings. The van der Waals surface area contributed by atoms with Gasteiger partial charge in [0.05, 0.1) is 18.7 Å². The van der Waals surface area contributed by atoms with Crippen molar-refractivity contribution in [3.05, 3.63) is 41.5 Å². The van der Waals surface area contributed by atoms with Crippen LogP contribution in [0, 0.1) is 5.82 Å². The van der Waals surface area contributed by atoms with Crippen LogP contribution in [0.3, 0.4) is 0 Å². The van der Waals surface area contributed by atoms with E-state index < -0.39 is 0 Å². The lowest BCUT2D eigenvalue weighted by Gasteiger charge is -2.38. The molecule has 4 rings (SSSR count). The van der Waals surface area contributed by atoms with Crippen molar-refractivity contribution >= 4 is 0 Å². The van der Waals surface area contributed by atoms with Gasteiger partial charge in [-0.05, 0) is 47.5 Å². The van der Waals surface area contributed by atoms with Crippen molar-refractivity contribution in [2.75, 3.05) is 39.3 Å². The maximum atomic E-state index is 13.5. The minimum Gasteiger partial charge on any atom is -0.376 e. The lowest BCUT2D eigenvalue weighted by molar-refractivity contribution is 0.0861. The van der Waals surface area contributed by atoms with Crippen LogP contribution < -0.4 is 0 Å². The van der Waals surface area contributed by atoms with Crippen molar-refractivity contribution in [2.24, 2.45) is 0 Å². The van der Waals surface area contributed by atoms with Gasteiger partial charge >= 0.3 is 0 Å². The SMILES string of the molecule is CCN1CCN([C@@H](c2ccc(F)cc2)c2nnnn2C[C@H]2CCCO2)CC1. The Morgan fingerprint density at radius 3 is 2.63 bits per heavy atom. The number of halogens is 1. The van der Waals surface area contributed by atoms with Gasteiger partial charge in [-0.15, -0.1) is 5.10 Å². The molecule has 0 unspecified atom stereocenters. The number of ether oxygens (including phenoxy) is 1. The van der Waals surface area contributed by atoms with Crippen molar-refractivity contribution < 1.29 is 9.13 Å². The number of hydrogen-bond acceptors (Lipinski definition) is 6. The van der Waals surface area contributed by atoms with E-state index in [0.717, 1.165) is 63.6 Å². The zero-order chi connectivity index (χ0) is 18.6. The fourth-order valence-electron chi connectivity index (χ4n) is 4.02. The third-order valence-corrected chi connectivity index (χ3v) is 5.61. The van der Waals surface area contributed by atoms with Crippen LogP contribution in [0.25, 0.3) is 0 Å². The van der Waals surface area contributed by atoms with E-state index in [0.29, 0.717) is 6.54 Å². The van der Waals surface area contributed by atoms with E-state index in [1.165, 1.54) is 12.1 Å². The summed E-state index contributed by atoms with van der Waals surface area (Å²) >= 11 is 0. The molecule has 27 heavy (non-hydrogen) atoms. The maximum Gasteiger partial charge on any atom is 0.173 e. The van der Waals surface area contributed by atoms with Crippen LogP contribution in [0.1, 0.15) is 37.2 Å². The normalized spacial score (nSPS) is 23.0. The van der Waals surface area contributed by atoms with E-state index >= 15 is 0 Å². The minimum atomic E-state index is -0.229.